The standard InChI is InChI=1S/C27H42N6O10/c1-3-9-32-16(18(34)20(36)22(38)24(32)40)12-29-26(42)28-11-14-5-7-15(8-6-14)31-27(43)30-13-17-19(35)21(37)23(39)25(41)33(17)10-4-2/h5-8,16-23,34-39H,3-4,9-13H2,1-2H3,(H2,28,29,42)(H2,30,31,43)/t16-,17-,18-,19-,20+,21+,22-,23-/m1/s1. The van der Waals surface area contributed by atoms with Gasteiger partial charge in [0.15, 0.2) is 12.2 Å². The summed E-state index contributed by atoms with van der Waals surface area (Å²) in [6.07, 6.45) is -8.59. The third-order valence-corrected chi connectivity index (χ3v) is 7.55. The zero-order valence-corrected chi connectivity index (χ0v) is 24.1. The smallest absolute Gasteiger partial charge is 0.319 e. The molecule has 2 aliphatic heterocycles. The molecule has 8 atom stereocenters. The number of carbonyl (C=O) groups is 4. The molecule has 0 spiro atoms. The molecule has 2 aliphatic rings. The van der Waals surface area contributed by atoms with E-state index in [1.54, 1.807) is 24.3 Å². The number of amides is 6. The monoisotopic (exact) mass is 610 g/mol. The van der Waals surface area contributed by atoms with Crippen LogP contribution < -0.4 is 21.3 Å². The second kappa shape index (κ2) is 15.3. The molecule has 1 aromatic carbocycles. The van der Waals surface area contributed by atoms with Gasteiger partial charge >= 0.3 is 12.1 Å². The van der Waals surface area contributed by atoms with Gasteiger partial charge in [0.2, 0.25) is 0 Å². The molecule has 240 valence electrons. The average molecular weight is 611 g/mol. The largest absolute Gasteiger partial charge is 0.388 e. The number of rotatable bonds is 11. The van der Waals surface area contributed by atoms with E-state index in [1.807, 2.05) is 13.8 Å². The molecule has 0 radical (unpaired) electrons. The van der Waals surface area contributed by atoms with Gasteiger partial charge in [-0.15, -0.1) is 0 Å². The predicted octanol–water partition coefficient (Wildman–Crippen LogP) is -2.99. The van der Waals surface area contributed by atoms with Crippen molar-refractivity contribution >= 4 is 29.6 Å². The van der Waals surface area contributed by atoms with Gasteiger partial charge < -0.3 is 61.7 Å². The van der Waals surface area contributed by atoms with Gasteiger partial charge in [0.25, 0.3) is 11.8 Å². The lowest BCUT2D eigenvalue weighted by Crippen LogP contribution is -2.67. The van der Waals surface area contributed by atoms with Crippen molar-refractivity contribution in [3.05, 3.63) is 29.8 Å². The topological polar surface area (TPSA) is 244 Å². The molecule has 2 heterocycles. The molecule has 6 amide bonds. The van der Waals surface area contributed by atoms with Crippen molar-refractivity contribution in [3.8, 4) is 0 Å². The molecule has 10 N–H and O–H groups in total. The van der Waals surface area contributed by atoms with Gasteiger partial charge in [-0.05, 0) is 30.5 Å². The highest BCUT2D eigenvalue weighted by Gasteiger charge is 2.47. The number of nitrogens with zero attached hydrogens (tertiary/aromatic N) is 2. The summed E-state index contributed by atoms with van der Waals surface area (Å²) in [5.74, 6) is -1.43. The molecular weight excluding hydrogens is 568 g/mol. The molecule has 0 aliphatic carbocycles. The summed E-state index contributed by atoms with van der Waals surface area (Å²) in [6.45, 7) is 3.88. The number of likely N-dealkylation sites (tertiary alicyclic amines) is 2. The van der Waals surface area contributed by atoms with E-state index in [1.165, 1.54) is 9.80 Å². The van der Waals surface area contributed by atoms with Crippen LogP contribution in [0.15, 0.2) is 24.3 Å². The highest BCUT2D eigenvalue weighted by atomic mass is 16.4. The molecule has 0 unspecified atom stereocenters. The van der Waals surface area contributed by atoms with E-state index in [-0.39, 0.29) is 32.7 Å². The minimum Gasteiger partial charge on any atom is -0.388 e. The Bertz CT molecular complexity index is 1120. The van der Waals surface area contributed by atoms with Gasteiger partial charge in [-0.2, -0.15) is 0 Å². The SMILES string of the molecule is CCCN1C(=O)[C@H](O)[C@@H](O)[C@H](O)[C@H]1CNC(=O)NCc1ccc(NC(=O)NC[C@@H]2[C@@H](O)[C@H](O)[C@@H](O)C(=O)N2CCC)cc1. The summed E-state index contributed by atoms with van der Waals surface area (Å²) in [6, 6.07) is 3.45. The van der Waals surface area contributed by atoms with Crippen LogP contribution in [0.3, 0.4) is 0 Å². The van der Waals surface area contributed by atoms with Crippen molar-refractivity contribution in [1.29, 1.82) is 0 Å². The van der Waals surface area contributed by atoms with Crippen molar-refractivity contribution in [2.45, 2.75) is 81.9 Å². The quantitative estimate of drug-likeness (QED) is 0.122. The normalized spacial score (nSPS) is 29.3. The number of nitrogens with one attached hydrogen (secondary N) is 4. The predicted molar refractivity (Wildman–Crippen MR) is 151 cm³/mol. The van der Waals surface area contributed by atoms with Crippen molar-refractivity contribution in [1.82, 2.24) is 25.8 Å². The zero-order chi connectivity index (χ0) is 31.8. The van der Waals surface area contributed by atoms with E-state index in [4.69, 9.17) is 0 Å². The van der Waals surface area contributed by atoms with Gasteiger partial charge in [0, 0.05) is 38.4 Å². The number of piperidine rings is 2. The lowest BCUT2D eigenvalue weighted by molar-refractivity contribution is -0.175. The fourth-order valence-corrected chi connectivity index (χ4v) is 5.17. The molecule has 43 heavy (non-hydrogen) atoms. The Hall–Kier alpha value is -3.54. The first-order chi connectivity index (χ1) is 20.4. The van der Waals surface area contributed by atoms with Crippen molar-refractivity contribution < 1.29 is 49.8 Å². The van der Waals surface area contributed by atoms with E-state index in [2.05, 4.69) is 21.3 Å². The van der Waals surface area contributed by atoms with E-state index >= 15 is 0 Å². The molecule has 16 heteroatoms. The molecule has 2 saturated heterocycles. The first-order valence-corrected chi connectivity index (χ1v) is 14.3. The Morgan fingerprint density at radius 2 is 1.12 bits per heavy atom. The van der Waals surface area contributed by atoms with E-state index in [9.17, 15) is 49.8 Å². The molecule has 16 nitrogen and oxygen atoms in total. The van der Waals surface area contributed by atoms with Crippen molar-refractivity contribution in [3.63, 3.8) is 0 Å². The van der Waals surface area contributed by atoms with Gasteiger partial charge in [-0.1, -0.05) is 26.0 Å². The minimum atomic E-state index is -1.73. The molecule has 1 aromatic rings. The maximum atomic E-state index is 12.4. The number of urea groups is 2. The minimum absolute atomic E-state index is 0.111. The Labute approximate surface area is 248 Å². The number of aliphatic hydroxyl groups is 6. The van der Waals surface area contributed by atoms with E-state index < -0.39 is 72.6 Å². The Morgan fingerprint density at radius 1 is 0.674 bits per heavy atom. The van der Waals surface area contributed by atoms with E-state index in [0.29, 0.717) is 24.1 Å². The summed E-state index contributed by atoms with van der Waals surface area (Å²) >= 11 is 0. The molecule has 3 rings (SSSR count). The fourth-order valence-electron chi connectivity index (χ4n) is 5.17. The first kappa shape index (κ1) is 34.0. The summed E-state index contributed by atoms with van der Waals surface area (Å²) in [7, 11) is 0. The summed E-state index contributed by atoms with van der Waals surface area (Å²) in [5, 5.41) is 70.8. The number of anilines is 1. The van der Waals surface area contributed by atoms with Gasteiger partial charge in [0.05, 0.1) is 12.1 Å². The van der Waals surface area contributed by atoms with Crippen LogP contribution >= 0.6 is 0 Å². The fraction of sp³-hybridized carbons (Fsp3) is 0.630. The van der Waals surface area contributed by atoms with Gasteiger partial charge in [-0.3, -0.25) is 9.59 Å². The van der Waals surface area contributed by atoms with Crippen LogP contribution in [0.4, 0.5) is 15.3 Å². The number of aliphatic hydroxyl groups excluding tert-OH is 6. The number of benzene rings is 1. The maximum Gasteiger partial charge on any atom is 0.319 e. The summed E-state index contributed by atoms with van der Waals surface area (Å²) in [4.78, 5) is 52.0. The number of hydrogen-bond donors (Lipinski definition) is 10. The van der Waals surface area contributed by atoms with E-state index in [0.717, 1.165) is 0 Å². The Kier molecular flexibility index (Phi) is 12.1. The van der Waals surface area contributed by atoms with Crippen LogP contribution in [-0.4, -0.2) is 139 Å². The van der Waals surface area contributed by atoms with Crippen LogP contribution in [-0.2, 0) is 16.1 Å². The van der Waals surface area contributed by atoms with Gasteiger partial charge in [-0.25, -0.2) is 9.59 Å². The second-order valence-electron chi connectivity index (χ2n) is 10.6. The lowest BCUT2D eigenvalue weighted by Gasteiger charge is -2.43. The molecule has 2 fully saturated rings. The summed E-state index contributed by atoms with van der Waals surface area (Å²) < 4.78 is 0. The molecule has 0 bridgehead atoms. The third kappa shape index (κ3) is 8.10. The van der Waals surface area contributed by atoms with Crippen LogP contribution in [0, 0.1) is 0 Å². The molecule has 0 aromatic heterocycles. The molecule has 0 saturated carbocycles. The number of hydrogen-bond acceptors (Lipinski definition) is 10. The van der Waals surface area contributed by atoms with Crippen molar-refractivity contribution in [2.24, 2.45) is 0 Å². The lowest BCUT2D eigenvalue weighted by atomic mass is 9.93. The van der Waals surface area contributed by atoms with Gasteiger partial charge in [0.1, 0.15) is 24.4 Å². The van der Waals surface area contributed by atoms with Crippen LogP contribution in [0.2, 0.25) is 0 Å². The molecular formula is C27H42N6O10. The Balaban J connectivity index is 1.46. The first-order valence-electron chi connectivity index (χ1n) is 14.3. The highest BCUT2D eigenvalue weighted by molar-refractivity contribution is 5.89. The van der Waals surface area contributed by atoms with Crippen LogP contribution in [0.5, 0.6) is 0 Å². The third-order valence-electron chi connectivity index (χ3n) is 7.55. The average Bonchev–Trinajstić information content (AvgIpc) is 2.99. The second-order valence-corrected chi connectivity index (χ2v) is 10.6. The Morgan fingerprint density at radius 3 is 1.56 bits per heavy atom. The van der Waals surface area contributed by atoms with Crippen LogP contribution in [0.25, 0.3) is 0 Å². The summed E-state index contributed by atoms with van der Waals surface area (Å²) in [5.41, 5.74) is 1.10. The van der Waals surface area contributed by atoms with Crippen LogP contribution in [0.1, 0.15) is 32.3 Å². The zero-order valence-electron chi connectivity index (χ0n) is 24.1. The van der Waals surface area contributed by atoms with Crippen molar-refractivity contribution in [2.75, 3.05) is 31.5 Å². The highest BCUT2D eigenvalue weighted by Crippen LogP contribution is 2.22. The number of carbonyl (C=O) groups excluding carboxylic acids is 4. The maximum absolute atomic E-state index is 12.4.